The number of nitrogens with zero attached hydrogens (tertiary/aromatic N) is 3. The normalized spacial score (nSPS) is 28.1. The predicted molar refractivity (Wildman–Crippen MR) is 96.8 cm³/mol. The minimum Gasteiger partial charge on any atom is -0.370 e. The molecule has 1 saturated carbocycles. The maximum atomic E-state index is 6.20. The van der Waals surface area contributed by atoms with Gasteiger partial charge in [-0.1, -0.05) is 19.3 Å². The van der Waals surface area contributed by atoms with E-state index in [1.54, 1.807) is 0 Å². The molecule has 3 N–H and O–H groups in total. The van der Waals surface area contributed by atoms with E-state index in [-0.39, 0.29) is 5.54 Å². The van der Waals surface area contributed by atoms with Crippen LogP contribution in [0.2, 0.25) is 0 Å². The zero-order valence-electron chi connectivity index (χ0n) is 14.9. The molecule has 3 fully saturated rings. The molecule has 3 rings (SSSR count). The topological polar surface area (TPSA) is 56.9 Å². The molecule has 0 radical (unpaired) electrons. The number of nitrogens with one attached hydrogen (secondary N) is 1. The summed E-state index contributed by atoms with van der Waals surface area (Å²) < 4.78 is 0. The van der Waals surface area contributed by atoms with E-state index in [2.05, 4.69) is 22.2 Å². The SMILES string of the molecule is CN1CCC(CN=C(N)NC2CCCC2)(N2CCCCC2)CC1. The van der Waals surface area contributed by atoms with Crippen LogP contribution >= 0.6 is 0 Å². The number of aliphatic imine (C=N–C) groups is 1. The number of hydrogen-bond donors (Lipinski definition) is 2. The summed E-state index contributed by atoms with van der Waals surface area (Å²) in [7, 11) is 2.24. The first kappa shape index (κ1) is 17.0. The van der Waals surface area contributed by atoms with Gasteiger partial charge in [0.2, 0.25) is 0 Å². The lowest BCUT2D eigenvalue weighted by atomic mass is 9.84. The Morgan fingerprint density at radius 3 is 2.35 bits per heavy atom. The molecule has 23 heavy (non-hydrogen) atoms. The molecule has 2 saturated heterocycles. The summed E-state index contributed by atoms with van der Waals surface area (Å²) in [6.45, 7) is 5.72. The molecule has 2 heterocycles. The average Bonchev–Trinajstić information content (AvgIpc) is 3.08. The van der Waals surface area contributed by atoms with Crippen molar-refractivity contribution in [3.63, 3.8) is 0 Å². The van der Waals surface area contributed by atoms with Crippen molar-refractivity contribution >= 4 is 5.96 Å². The lowest BCUT2D eigenvalue weighted by Crippen LogP contribution is -2.58. The van der Waals surface area contributed by atoms with Gasteiger partial charge in [0.1, 0.15) is 0 Å². The van der Waals surface area contributed by atoms with Crippen LogP contribution in [0.3, 0.4) is 0 Å². The molecule has 0 aromatic carbocycles. The number of piperidine rings is 2. The lowest BCUT2D eigenvalue weighted by molar-refractivity contribution is 0.0208. The zero-order chi connectivity index (χ0) is 16.1. The lowest BCUT2D eigenvalue weighted by Gasteiger charge is -2.49. The van der Waals surface area contributed by atoms with Gasteiger partial charge >= 0.3 is 0 Å². The fourth-order valence-corrected chi connectivity index (χ4v) is 4.53. The second kappa shape index (κ2) is 7.84. The van der Waals surface area contributed by atoms with E-state index in [0.29, 0.717) is 12.0 Å². The third-order valence-corrected chi connectivity index (χ3v) is 6.20. The van der Waals surface area contributed by atoms with Crippen LogP contribution in [-0.4, -0.2) is 67.1 Å². The summed E-state index contributed by atoms with van der Waals surface area (Å²) in [5, 5.41) is 3.45. The Kier molecular flexibility index (Phi) is 5.81. The highest BCUT2D eigenvalue weighted by molar-refractivity contribution is 5.78. The van der Waals surface area contributed by atoms with E-state index in [1.807, 2.05) is 0 Å². The Bertz CT molecular complexity index is 388. The maximum Gasteiger partial charge on any atom is 0.188 e. The third-order valence-electron chi connectivity index (χ3n) is 6.20. The van der Waals surface area contributed by atoms with Crippen LogP contribution in [0, 0.1) is 0 Å². The summed E-state index contributed by atoms with van der Waals surface area (Å²) in [5.74, 6) is 0.673. The van der Waals surface area contributed by atoms with Gasteiger partial charge in [0.15, 0.2) is 5.96 Å². The van der Waals surface area contributed by atoms with Crippen LogP contribution in [-0.2, 0) is 0 Å². The van der Waals surface area contributed by atoms with Crippen molar-refractivity contribution in [3.05, 3.63) is 0 Å². The first-order valence-corrected chi connectivity index (χ1v) is 9.68. The summed E-state index contributed by atoms with van der Waals surface area (Å²) in [6.07, 6.45) is 11.7. The predicted octanol–water partition coefficient (Wildman–Crippen LogP) is 1.78. The number of nitrogens with two attached hydrogens (primary N) is 1. The molecular weight excluding hydrogens is 286 g/mol. The second-order valence-electron chi connectivity index (χ2n) is 7.90. The van der Waals surface area contributed by atoms with Crippen LogP contribution in [0.5, 0.6) is 0 Å². The highest BCUT2D eigenvalue weighted by Gasteiger charge is 2.39. The van der Waals surface area contributed by atoms with Crippen LogP contribution in [0.25, 0.3) is 0 Å². The Balaban J connectivity index is 1.62. The Morgan fingerprint density at radius 2 is 1.70 bits per heavy atom. The molecule has 0 aromatic rings. The van der Waals surface area contributed by atoms with E-state index in [4.69, 9.17) is 10.7 Å². The van der Waals surface area contributed by atoms with Crippen molar-refractivity contribution in [2.75, 3.05) is 39.8 Å². The smallest absolute Gasteiger partial charge is 0.188 e. The highest BCUT2D eigenvalue weighted by Crippen LogP contribution is 2.31. The van der Waals surface area contributed by atoms with Gasteiger partial charge in [-0.3, -0.25) is 9.89 Å². The van der Waals surface area contributed by atoms with Crippen molar-refractivity contribution in [2.24, 2.45) is 10.7 Å². The van der Waals surface area contributed by atoms with Gasteiger partial charge in [-0.2, -0.15) is 0 Å². The van der Waals surface area contributed by atoms with E-state index in [0.717, 1.165) is 6.54 Å². The number of rotatable bonds is 4. The quantitative estimate of drug-likeness (QED) is 0.612. The van der Waals surface area contributed by atoms with E-state index in [9.17, 15) is 0 Å². The van der Waals surface area contributed by atoms with Crippen LogP contribution in [0.1, 0.15) is 57.8 Å². The largest absolute Gasteiger partial charge is 0.370 e. The number of hydrogen-bond acceptors (Lipinski definition) is 3. The summed E-state index contributed by atoms with van der Waals surface area (Å²) in [6, 6.07) is 0.558. The molecule has 0 amide bonds. The van der Waals surface area contributed by atoms with Gasteiger partial charge in [-0.15, -0.1) is 0 Å². The molecule has 0 unspecified atom stereocenters. The molecule has 3 aliphatic rings. The molecule has 2 aliphatic heterocycles. The molecule has 5 nitrogen and oxygen atoms in total. The molecule has 5 heteroatoms. The van der Waals surface area contributed by atoms with Crippen molar-refractivity contribution in [1.82, 2.24) is 15.1 Å². The van der Waals surface area contributed by atoms with Crippen molar-refractivity contribution in [1.29, 1.82) is 0 Å². The van der Waals surface area contributed by atoms with E-state index >= 15 is 0 Å². The molecule has 0 atom stereocenters. The van der Waals surface area contributed by atoms with Gasteiger partial charge < -0.3 is 16.0 Å². The number of likely N-dealkylation sites (tertiary alicyclic amines) is 2. The minimum absolute atomic E-state index is 0.245. The molecule has 1 aliphatic carbocycles. The van der Waals surface area contributed by atoms with E-state index in [1.165, 1.54) is 84.0 Å². The molecule has 0 spiro atoms. The summed E-state index contributed by atoms with van der Waals surface area (Å²) in [4.78, 5) is 9.99. The van der Waals surface area contributed by atoms with Gasteiger partial charge in [-0.25, -0.2) is 0 Å². The zero-order valence-corrected chi connectivity index (χ0v) is 14.9. The van der Waals surface area contributed by atoms with Crippen molar-refractivity contribution in [3.8, 4) is 0 Å². The maximum absolute atomic E-state index is 6.20. The first-order valence-electron chi connectivity index (χ1n) is 9.68. The standard InChI is InChI=1S/C18H35N5/c1-22-13-9-18(10-14-22,23-11-5-2-6-12-23)15-20-17(19)21-16-7-3-4-8-16/h16H,2-15H2,1H3,(H3,19,20,21). The average molecular weight is 322 g/mol. The molecule has 0 bridgehead atoms. The molecule has 0 aromatic heterocycles. The highest BCUT2D eigenvalue weighted by atomic mass is 15.3. The first-order chi connectivity index (χ1) is 11.2. The van der Waals surface area contributed by atoms with Crippen molar-refractivity contribution < 1.29 is 0 Å². The Hall–Kier alpha value is -0.810. The molecule has 132 valence electrons. The van der Waals surface area contributed by atoms with Crippen LogP contribution in [0.4, 0.5) is 0 Å². The van der Waals surface area contributed by atoms with Crippen LogP contribution < -0.4 is 11.1 Å². The summed E-state index contributed by atoms with van der Waals surface area (Å²) in [5.41, 5.74) is 6.44. The fourth-order valence-electron chi connectivity index (χ4n) is 4.53. The van der Waals surface area contributed by atoms with Gasteiger partial charge in [0, 0.05) is 11.6 Å². The second-order valence-corrected chi connectivity index (χ2v) is 7.90. The van der Waals surface area contributed by atoms with Crippen molar-refractivity contribution in [2.45, 2.75) is 69.4 Å². The Labute approximate surface area is 141 Å². The van der Waals surface area contributed by atoms with Gasteiger partial charge in [-0.05, 0) is 71.8 Å². The van der Waals surface area contributed by atoms with Crippen LogP contribution in [0.15, 0.2) is 4.99 Å². The monoisotopic (exact) mass is 321 g/mol. The minimum atomic E-state index is 0.245. The summed E-state index contributed by atoms with van der Waals surface area (Å²) >= 11 is 0. The molecular formula is C18H35N5. The Morgan fingerprint density at radius 1 is 1.04 bits per heavy atom. The fraction of sp³-hybridized carbons (Fsp3) is 0.944. The van der Waals surface area contributed by atoms with Gasteiger partial charge in [0.25, 0.3) is 0 Å². The third kappa shape index (κ3) is 4.38. The van der Waals surface area contributed by atoms with E-state index < -0.39 is 0 Å². The van der Waals surface area contributed by atoms with Gasteiger partial charge in [0.05, 0.1) is 6.54 Å². The number of guanidine groups is 1.